The number of ether oxygens (including phenoxy) is 1. The molecule has 1 aromatic heterocycles. The van der Waals surface area contributed by atoms with Gasteiger partial charge in [0.25, 0.3) is 0 Å². The largest absolute Gasteiger partial charge is 0.489 e. The lowest BCUT2D eigenvalue weighted by Crippen LogP contribution is -2.13. The van der Waals surface area contributed by atoms with Gasteiger partial charge in [-0.2, -0.15) is 5.10 Å². The molecule has 5 nitrogen and oxygen atoms in total. The molecule has 0 atom stereocenters. The first-order chi connectivity index (χ1) is 10.6. The first-order valence-electron chi connectivity index (χ1n) is 7.62. The normalized spacial score (nSPS) is 15.2. The number of aromatic amines is 1. The van der Waals surface area contributed by atoms with E-state index < -0.39 is 5.97 Å². The summed E-state index contributed by atoms with van der Waals surface area (Å²) in [7, 11) is 0. The van der Waals surface area contributed by atoms with Gasteiger partial charge in [-0.15, -0.1) is 0 Å². The van der Waals surface area contributed by atoms with E-state index in [1.54, 1.807) is 6.07 Å². The molecule has 22 heavy (non-hydrogen) atoms. The van der Waals surface area contributed by atoms with E-state index in [0.29, 0.717) is 5.69 Å². The lowest BCUT2D eigenvalue weighted by Gasteiger charge is -2.19. The number of hydrogen-bond donors (Lipinski definition) is 2. The Balaban J connectivity index is 2.01. The summed E-state index contributed by atoms with van der Waals surface area (Å²) in [5, 5.41) is 15.7. The Bertz CT molecular complexity index is 700. The lowest BCUT2D eigenvalue weighted by atomic mass is 10.0. The molecule has 5 heteroatoms. The third-order valence-corrected chi connectivity index (χ3v) is 4.35. The van der Waals surface area contributed by atoms with Gasteiger partial charge in [-0.3, -0.25) is 5.10 Å². The van der Waals surface area contributed by atoms with Crippen LogP contribution in [0.5, 0.6) is 5.75 Å². The molecule has 0 spiro atoms. The van der Waals surface area contributed by atoms with Gasteiger partial charge in [0.1, 0.15) is 11.4 Å². The predicted octanol–water partition coefficient (Wildman–Crippen LogP) is 3.71. The van der Waals surface area contributed by atoms with Crippen LogP contribution in [0.2, 0.25) is 0 Å². The first-order valence-corrected chi connectivity index (χ1v) is 7.62. The van der Waals surface area contributed by atoms with Gasteiger partial charge >= 0.3 is 5.97 Å². The monoisotopic (exact) mass is 300 g/mol. The summed E-state index contributed by atoms with van der Waals surface area (Å²) in [4.78, 5) is 11.0. The highest BCUT2D eigenvalue weighted by Gasteiger charge is 2.21. The molecule has 1 aliphatic carbocycles. The summed E-state index contributed by atoms with van der Waals surface area (Å²) in [5.74, 6) is -0.184. The van der Waals surface area contributed by atoms with E-state index in [0.717, 1.165) is 35.3 Å². The molecule has 0 aliphatic heterocycles. The fraction of sp³-hybridized carbons (Fsp3) is 0.412. The number of hydrogen-bond acceptors (Lipinski definition) is 3. The molecule has 1 fully saturated rings. The van der Waals surface area contributed by atoms with Crippen molar-refractivity contribution in [1.29, 1.82) is 0 Å². The molecular formula is C17H20N2O3. The highest BCUT2D eigenvalue weighted by atomic mass is 16.5. The fourth-order valence-electron chi connectivity index (χ4n) is 2.89. The Morgan fingerprint density at radius 2 is 2.05 bits per heavy atom. The molecular weight excluding hydrogens is 280 g/mol. The minimum atomic E-state index is -1.01. The number of carboxylic acids is 1. The lowest BCUT2D eigenvalue weighted by molar-refractivity contribution is 0.0690. The zero-order chi connectivity index (χ0) is 15.7. The van der Waals surface area contributed by atoms with Crippen LogP contribution in [0.25, 0.3) is 11.3 Å². The number of aromatic nitrogens is 2. The number of rotatable bonds is 4. The molecule has 0 unspecified atom stereocenters. The molecule has 116 valence electrons. The summed E-state index contributed by atoms with van der Waals surface area (Å²) in [6.45, 7) is 4.09. The smallest absolute Gasteiger partial charge is 0.353 e. The SMILES string of the molecule is Cc1ccc(-c2cc(C(=O)O)[nH]n2)c(OC2CCCC2)c1C. The van der Waals surface area contributed by atoms with Crippen LogP contribution in [-0.2, 0) is 0 Å². The molecule has 0 amide bonds. The molecule has 1 heterocycles. The molecule has 0 radical (unpaired) electrons. The summed E-state index contributed by atoms with van der Waals surface area (Å²) in [6.07, 6.45) is 4.81. The Kier molecular flexibility index (Phi) is 3.88. The number of H-pyrrole nitrogens is 1. The number of carbonyl (C=O) groups is 1. The molecule has 0 bridgehead atoms. The van der Waals surface area contributed by atoms with Crippen molar-refractivity contribution in [3.8, 4) is 17.0 Å². The van der Waals surface area contributed by atoms with E-state index >= 15 is 0 Å². The van der Waals surface area contributed by atoms with Gasteiger partial charge in [0.2, 0.25) is 0 Å². The molecule has 1 aromatic carbocycles. The third-order valence-electron chi connectivity index (χ3n) is 4.35. The first kappa shape index (κ1) is 14.6. The standard InChI is InChI=1S/C17H20N2O3/c1-10-7-8-13(14-9-15(17(20)21)19-18-14)16(11(10)2)22-12-5-3-4-6-12/h7-9,12H,3-6H2,1-2H3,(H,18,19)(H,20,21). The maximum absolute atomic E-state index is 11.0. The molecule has 1 aliphatic rings. The van der Waals surface area contributed by atoms with E-state index in [1.807, 2.05) is 26.0 Å². The summed E-state index contributed by atoms with van der Waals surface area (Å²) in [6, 6.07) is 5.52. The van der Waals surface area contributed by atoms with E-state index in [2.05, 4.69) is 10.2 Å². The van der Waals surface area contributed by atoms with Gasteiger partial charge in [0, 0.05) is 5.56 Å². The average molecular weight is 300 g/mol. The average Bonchev–Trinajstić information content (AvgIpc) is 3.15. The summed E-state index contributed by atoms with van der Waals surface area (Å²) >= 11 is 0. The maximum Gasteiger partial charge on any atom is 0.353 e. The van der Waals surface area contributed by atoms with Crippen LogP contribution in [-0.4, -0.2) is 27.4 Å². The fourth-order valence-corrected chi connectivity index (χ4v) is 2.89. The number of aromatic carboxylic acids is 1. The molecule has 3 rings (SSSR count). The Hall–Kier alpha value is -2.30. The van der Waals surface area contributed by atoms with E-state index in [9.17, 15) is 4.79 Å². The number of nitrogens with one attached hydrogen (secondary N) is 1. The van der Waals surface area contributed by atoms with Crippen molar-refractivity contribution >= 4 is 5.97 Å². The zero-order valence-corrected chi connectivity index (χ0v) is 12.8. The minimum Gasteiger partial charge on any atom is -0.489 e. The Labute approximate surface area is 129 Å². The highest BCUT2D eigenvalue weighted by molar-refractivity contribution is 5.87. The number of aryl methyl sites for hydroxylation is 1. The second-order valence-electron chi connectivity index (χ2n) is 5.88. The van der Waals surface area contributed by atoms with Crippen molar-refractivity contribution in [2.75, 3.05) is 0 Å². The van der Waals surface area contributed by atoms with E-state index in [4.69, 9.17) is 9.84 Å². The van der Waals surface area contributed by atoms with Crippen LogP contribution >= 0.6 is 0 Å². The van der Waals surface area contributed by atoms with E-state index in [1.165, 1.54) is 12.8 Å². The van der Waals surface area contributed by atoms with E-state index in [-0.39, 0.29) is 11.8 Å². The summed E-state index contributed by atoms with van der Waals surface area (Å²) < 4.78 is 6.24. The van der Waals surface area contributed by atoms with Crippen molar-refractivity contribution in [2.45, 2.75) is 45.6 Å². The summed E-state index contributed by atoms with van der Waals surface area (Å²) in [5.41, 5.74) is 3.78. The molecule has 1 saturated carbocycles. The van der Waals surface area contributed by atoms with Crippen LogP contribution in [0, 0.1) is 13.8 Å². The van der Waals surface area contributed by atoms with Crippen LogP contribution in [0.4, 0.5) is 0 Å². The Morgan fingerprint density at radius 1 is 1.32 bits per heavy atom. The minimum absolute atomic E-state index is 0.0834. The number of nitrogens with zero attached hydrogens (tertiary/aromatic N) is 1. The Morgan fingerprint density at radius 3 is 2.68 bits per heavy atom. The highest BCUT2D eigenvalue weighted by Crippen LogP contribution is 2.36. The predicted molar refractivity (Wildman–Crippen MR) is 83.3 cm³/mol. The molecule has 0 saturated heterocycles. The van der Waals surface area contributed by atoms with Crippen molar-refractivity contribution in [2.24, 2.45) is 0 Å². The van der Waals surface area contributed by atoms with Crippen LogP contribution in [0.15, 0.2) is 18.2 Å². The zero-order valence-electron chi connectivity index (χ0n) is 12.8. The van der Waals surface area contributed by atoms with Crippen molar-refractivity contribution in [3.63, 3.8) is 0 Å². The van der Waals surface area contributed by atoms with Crippen molar-refractivity contribution in [1.82, 2.24) is 10.2 Å². The van der Waals surface area contributed by atoms with Gasteiger partial charge in [-0.25, -0.2) is 4.79 Å². The molecule has 2 aromatic rings. The molecule has 2 N–H and O–H groups in total. The topological polar surface area (TPSA) is 75.2 Å². The quantitative estimate of drug-likeness (QED) is 0.902. The maximum atomic E-state index is 11.0. The van der Waals surface area contributed by atoms with Gasteiger partial charge in [0.15, 0.2) is 0 Å². The van der Waals surface area contributed by atoms with Crippen molar-refractivity contribution < 1.29 is 14.6 Å². The van der Waals surface area contributed by atoms with Crippen LogP contribution < -0.4 is 4.74 Å². The second kappa shape index (κ2) is 5.83. The van der Waals surface area contributed by atoms with Crippen molar-refractivity contribution in [3.05, 3.63) is 35.0 Å². The third kappa shape index (κ3) is 2.71. The van der Waals surface area contributed by atoms with Crippen LogP contribution in [0.1, 0.15) is 47.3 Å². The second-order valence-corrected chi connectivity index (χ2v) is 5.88. The number of carboxylic acid groups (broad SMARTS) is 1. The van der Waals surface area contributed by atoms with Gasteiger partial charge < -0.3 is 9.84 Å². The van der Waals surface area contributed by atoms with Gasteiger partial charge in [0.05, 0.1) is 11.8 Å². The number of benzene rings is 1. The van der Waals surface area contributed by atoms with Gasteiger partial charge in [-0.05, 0) is 62.8 Å². The van der Waals surface area contributed by atoms with Crippen LogP contribution in [0.3, 0.4) is 0 Å². The van der Waals surface area contributed by atoms with Gasteiger partial charge in [-0.1, -0.05) is 6.07 Å².